The Balaban J connectivity index is 1.58. The number of rotatable bonds is 4. The molecule has 33 heavy (non-hydrogen) atoms. The standard InChI is InChI=1S/C28H27N3O2/c1-19-6-10-21(11-7-19)18-23-4-3-5-26-27(23)29-30(24-14-16-25(17-15-24)31(32)33)28(26)22-12-8-20(2)9-13-22/h6-18,26,28H,3-5H2,1-2H3/b23-18-/t26-,28-/m0/s1. The summed E-state index contributed by atoms with van der Waals surface area (Å²) in [6.07, 6.45) is 5.48. The largest absolute Gasteiger partial charge is 0.269 e. The Morgan fingerprint density at radius 1 is 0.939 bits per heavy atom. The molecule has 2 atom stereocenters. The lowest BCUT2D eigenvalue weighted by Gasteiger charge is -2.30. The van der Waals surface area contributed by atoms with Gasteiger partial charge < -0.3 is 0 Å². The van der Waals surface area contributed by atoms with Crippen molar-refractivity contribution in [2.75, 3.05) is 5.01 Å². The van der Waals surface area contributed by atoms with Crippen molar-refractivity contribution in [3.8, 4) is 0 Å². The molecule has 1 saturated carbocycles. The SMILES string of the molecule is Cc1ccc(/C=C2/CCC[C@H]3C2=NN(c2ccc([N+](=O)[O-])cc2)[C@H]3c2ccc(C)cc2)cc1. The number of nitro groups is 1. The zero-order valence-corrected chi connectivity index (χ0v) is 18.9. The molecule has 3 aromatic rings. The Labute approximate surface area is 194 Å². The van der Waals surface area contributed by atoms with Crippen LogP contribution in [-0.4, -0.2) is 10.6 Å². The third-order valence-corrected chi connectivity index (χ3v) is 6.66. The van der Waals surface area contributed by atoms with Gasteiger partial charge in [0.25, 0.3) is 5.69 Å². The quantitative estimate of drug-likeness (QED) is 0.326. The predicted molar refractivity (Wildman–Crippen MR) is 133 cm³/mol. The van der Waals surface area contributed by atoms with Crippen LogP contribution in [0.25, 0.3) is 6.08 Å². The molecule has 0 amide bonds. The molecule has 3 aromatic carbocycles. The summed E-state index contributed by atoms with van der Waals surface area (Å²) in [6.45, 7) is 4.19. The molecule has 5 nitrogen and oxygen atoms in total. The average molecular weight is 438 g/mol. The molecule has 1 aliphatic carbocycles. The fraction of sp³-hybridized carbons (Fsp3) is 0.250. The number of benzene rings is 3. The Kier molecular flexibility index (Phi) is 5.55. The van der Waals surface area contributed by atoms with Gasteiger partial charge in [0.2, 0.25) is 0 Å². The summed E-state index contributed by atoms with van der Waals surface area (Å²) in [7, 11) is 0. The predicted octanol–water partition coefficient (Wildman–Crippen LogP) is 7.01. The van der Waals surface area contributed by atoms with Crippen molar-refractivity contribution in [3.63, 3.8) is 0 Å². The maximum absolute atomic E-state index is 11.2. The molecule has 0 aromatic heterocycles. The van der Waals surface area contributed by atoms with E-state index in [2.05, 4.69) is 73.5 Å². The molecule has 1 fully saturated rings. The van der Waals surface area contributed by atoms with E-state index in [0.29, 0.717) is 0 Å². The summed E-state index contributed by atoms with van der Waals surface area (Å²) in [5, 5.41) is 18.4. The molecule has 5 heteroatoms. The van der Waals surface area contributed by atoms with Crippen LogP contribution in [-0.2, 0) is 0 Å². The summed E-state index contributed by atoms with van der Waals surface area (Å²) < 4.78 is 0. The summed E-state index contributed by atoms with van der Waals surface area (Å²) in [5.74, 6) is 0.286. The van der Waals surface area contributed by atoms with Crippen LogP contribution in [0.5, 0.6) is 0 Å². The number of hydrogen-bond donors (Lipinski definition) is 0. The highest BCUT2D eigenvalue weighted by molar-refractivity contribution is 6.08. The van der Waals surface area contributed by atoms with Gasteiger partial charge in [0, 0.05) is 18.1 Å². The van der Waals surface area contributed by atoms with E-state index in [9.17, 15) is 10.1 Å². The Bertz CT molecular complexity index is 1230. The van der Waals surface area contributed by atoms with Crippen molar-refractivity contribution in [1.82, 2.24) is 0 Å². The van der Waals surface area contributed by atoms with E-state index in [1.54, 1.807) is 12.1 Å². The lowest BCUT2D eigenvalue weighted by molar-refractivity contribution is -0.384. The van der Waals surface area contributed by atoms with Crippen molar-refractivity contribution in [3.05, 3.63) is 111 Å². The molecule has 2 aliphatic rings. The van der Waals surface area contributed by atoms with Gasteiger partial charge in [0.15, 0.2) is 0 Å². The topological polar surface area (TPSA) is 58.7 Å². The molecular weight excluding hydrogens is 410 g/mol. The molecule has 0 radical (unpaired) electrons. The highest BCUT2D eigenvalue weighted by atomic mass is 16.6. The van der Waals surface area contributed by atoms with E-state index in [1.807, 2.05) is 12.1 Å². The van der Waals surface area contributed by atoms with E-state index in [0.717, 1.165) is 30.7 Å². The molecule has 0 bridgehead atoms. The van der Waals surface area contributed by atoms with Gasteiger partial charge >= 0.3 is 0 Å². The van der Waals surface area contributed by atoms with Crippen molar-refractivity contribution < 1.29 is 4.92 Å². The Morgan fingerprint density at radius 3 is 2.21 bits per heavy atom. The first-order valence-corrected chi connectivity index (χ1v) is 11.5. The maximum Gasteiger partial charge on any atom is 0.269 e. The fourth-order valence-corrected chi connectivity index (χ4v) is 4.90. The minimum absolute atomic E-state index is 0.0729. The first-order chi connectivity index (χ1) is 16.0. The van der Waals surface area contributed by atoms with Gasteiger partial charge in [-0.15, -0.1) is 0 Å². The van der Waals surface area contributed by atoms with Gasteiger partial charge in [0.05, 0.1) is 22.4 Å². The van der Waals surface area contributed by atoms with Crippen LogP contribution in [0.15, 0.2) is 83.5 Å². The minimum Gasteiger partial charge on any atom is -0.258 e. The zero-order valence-electron chi connectivity index (χ0n) is 18.9. The lowest BCUT2D eigenvalue weighted by Crippen LogP contribution is -2.28. The minimum atomic E-state index is -0.362. The van der Waals surface area contributed by atoms with Crippen molar-refractivity contribution in [2.24, 2.45) is 11.0 Å². The van der Waals surface area contributed by atoms with Crippen LogP contribution in [0, 0.1) is 29.9 Å². The molecule has 1 aliphatic heterocycles. The molecule has 5 rings (SSSR count). The van der Waals surface area contributed by atoms with E-state index < -0.39 is 0 Å². The number of hydrogen-bond acceptors (Lipinski definition) is 4. The number of fused-ring (bicyclic) bond motifs is 1. The fourth-order valence-electron chi connectivity index (χ4n) is 4.90. The number of hydrazone groups is 1. The molecule has 0 unspecified atom stereocenters. The second-order valence-corrected chi connectivity index (χ2v) is 9.04. The third kappa shape index (κ3) is 4.19. The monoisotopic (exact) mass is 437 g/mol. The van der Waals surface area contributed by atoms with E-state index in [4.69, 9.17) is 5.10 Å². The Hall–Kier alpha value is -3.73. The summed E-state index contributed by atoms with van der Waals surface area (Å²) in [5.41, 5.74) is 8.29. The van der Waals surface area contributed by atoms with Crippen LogP contribution >= 0.6 is 0 Å². The highest BCUT2D eigenvalue weighted by Gasteiger charge is 2.41. The smallest absolute Gasteiger partial charge is 0.258 e. The zero-order chi connectivity index (χ0) is 22.9. The second kappa shape index (κ2) is 8.66. The van der Waals surface area contributed by atoms with Crippen LogP contribution < -0.4 is 5.01 Å². The van der Waals surface area contributed by atoms with Gasteiger partial charge in [0.1, 0.15) is 0 Å². The molecule has 0 saturated heterocycles. The summed E-state index contributed by atoms with van der Waals surface area (Å²) in [4.78, 5) is 10.8. The lowest BCUT2D eigenvalue weighted by atomic mass is 9.77. The highest BCUT2D eigenvalue weighted by Crippen LogP contribution is 2.46. The second-order valence-electron chi connectivity index (χ2n) is 9.04. The number of anilines is 1. The molecule has 1 heterocycles. The van der Waals surface area contributed by atoms with Crippen molar-refractivity contribution >= 4 is 23.2 Å². The van der Waals surface area contributed by atoms with Gasteiger partial charge in [-0.3, -0.25) is 15.1 Å². The van der Waals surface area contributed by atoms with E-state index in [-0.39, 0.29) is 22.6 Å². The van der Waals surface area contributed by atoms with Crippen LogP contribution in [0.1, 0.15) is 47.6 Å². The Morgan fingerprint density at radius 2 is 1.58 bits per heavy atom. The normalized spacial score (nSPS) is 21.1. The average Bonchev–Trinajstić information content (AvgIpc) is 3.22. The van der Waals surface area contributed by atoms with Crippen molar-refractivity contribution in [2.45, 2.75) is 39.2 Å². The van der Waals surface area contributed by atoms with Crippen LogP contribution in [0.4, 0.5) is 11.4 Å². The van der Waals surface area contributed by atoms with E-state index in [1.165, 1.54) is 27.8 Å². The molecule has 0 spiro atoms. The molecular formula is C28H27N3O2. The number of non-ortho nitro benzene ring substituents is 1. The van der Waals surface area contributed by atoms with Gasteiger partial charge in [-0.2, -0.15) is 5.10 Å². The molecule has 0 N–H and O–H groups in total. The van der Waals surface area contributed by atoms with Crippen molar-refractivity contribution in [1.29, 1.82) is 0 Å². The van der Waals surface area contributed by atoms with Gasteiger partial charge in [-0.25, -0.2) is 0 Å². The number of nitrogens with zero attached hydrogens (tertiary/aromatic N) is 3. The maximum atomic E-state index is 11.2. The number of aryl methyl sites for hydroxylation is 2. The van der Waals surface area contributed by atoms with Gasteiger partial charge in [-0.1, -0.05) is 59.7 Å². The number of nitro benzene ring substituents is 1. The first-order valence-electron chi connectivity index (χ1n) is 11.5. The summed E-state index contributed by atoms with van der Waals surface area (Å²) in [6, 6.07) is 24.1. The van der Waals surface area contributed by atoms with Crippen LogP contribution in [0.3, 0.4) is 0 Å². The summed E-state index contributed by atoms with van der Waals surface area (Å²) >= 11 is 0. The van der Waals surface area contributed by atoms with Gasteiger partial charge in [-0.05, 0) is 68.0 Å². The first kappa shape index (κ1) is 21.1. The van der Waals surface area contributed by atoms with Crippen LogP contribution in [0.2, 0.25) is 0 Å². The number of allylic oxidation sites excluding steroid dienone is 1. The molecule has 166 valence electrons. The van der Waals surface area contributed by atoms with E-state index >= 15 is 0 Å². The third-order valence-electron chi connectivity index (χ3n) is 6.66.